The summed E-state index contributed by atoms with van der Waals surface area (Å²) >= 11 is 6.65. The molecule has 9 nitrogen and oxygen atoms in total. The van der Waals surface area contributed by atoms with E-state index < -0.39 is 11.9 Å². The Bertz CT molecular complexity index is 1910. The fourth-order valence-electron chi connectivity index (χ4n) is 5.73. The van der Waals surface area contributed by atoms with Gasteiger partial charge in [0, 0.05) is 61.0 Å². The van der Waals surface area contributed by atoms with Crippen molar-refractivity contribution in [1.29, 1.82) is 0 Å². The lowest BCUT2D eigenvalue weighted by Crippen LogP contribution is -2.43. The first-order chi connectivity index (χ1) is 20.1. The minimum absolute atomic E-state index is 0.0675. The van der Waals surface area contributed by atoms with Gasteiger partial charge in [0.2, 0.25) is 0 Å². The molecule has 6 rings (SSSR count). The number of carbonyl (C=O) groups is 1. The monoisotopic (exact) mass is 589 g/mol. The van der Waals surface area contributed by atoms with E-state index in [1.165, 1.54) is 17.6 Å². The molecule has 0 saturated carbocycles. The van der Waals surface area contributed by atoms with Gasteiger partial charge in [-0.1, -0.05) is 11.6 Å². The molecule has 3 aromatic heterocycles. The van der Waals surface area contributed by atoms with Crippen LogP contribution in [0.4, 0.5) is 4.39 Å². The first-order valence-electron chi connectivity index (χ1n) is 13.7. The fourth-order valence-corrected chi connectivity index (χ4v) is 6.00. The lowest BCUT2D eigenvalue weighted by Gasteiger charge is -2.34. The number of nitrogens with zero attached hydrogens (tertiary/aromatic N) is 5. The third-order valence-corrected chi connectivity index (χ3v) is 8.14. The number of hydrogen-bond acceptors (Lipinski definition) is 6. The van der Waals surface area contributed by atoms with Gasteiger partial charge in [-0.15, -0.1) is 0 Å². The number of aliphatic hydroxyl groups is 1. The normalized spacial score (nSPS) is 15.0. The zero-order valence-corrected chi connectivity index (χ0v) is 24.1. The molecule has 0 spiro atoms. The van der Waals surface area contributed by atoms with Gasteiger partial charge in [-0.2, -0.15) is 0 Å². The molecule has 1 fully saturated rings. The smallest absolute Gasteiger partial charge is 0.293 e. The summed E-state index contributed by atoms with van der Waals surface area (Å²) in [5.41, 5.74) is 2.50. The second kappa shape index (κ2) is 10.8. The maximum Gasteiger partial charge on any atom is 0.293 e. The van der Waals surface area contributed by atoms with E-state index in [0.29, 0.717) is 53.8 Å². The number of pyridine rings is 2. The largest absolute Gasteiger partial charge is 0.452 e. The Hall–Kier alpha value is -4.28. The number of hydrogen-bond donors (Lipinski definition) is 1. The standard InChI is InChI=1S/C31H29ClFN5O4/c1-17(39)30(40)37-11-8-19(9-12-37)38-18(2)35-27-16-34-26-15-25(33)22(14-23(26)29(27)38)21-7-6-20(13-24(21)32)42-28-5-4-10-36(3)31(28)41/h4-7,10,13-17,19,39H,8-9,11-12H2,1-3H3. The van der Waals surface area contributed by atoms with Crippen molar-refractivity contribution in [2.45, 2.75) is 38.8 Å². The summed E-state index contributed by atoms with van der Waals surface area (Å²) in [4.78, 5) is 35.6. The first-order valence-corrected chi connectivity index (χ1v) is 14.1. The van der Waals surface area contributed by atoms with Crippen molar-refractivity contribution >= 4 is 39.4 Å². The van der Waals surface area contributed by atoms with Gasteiger partial charge < -0.3 is 23.9 Å². The molecular weight excluding hydrogens is 561 g/mol. The molecule has 216 valence electrons. The van der Waals surface area contributed by atoms with Crippen molar-refractivity contribution in [3.63, 3.8) is 0 Å². The highest BCUT2D eigenvalue weighted by Gasteiger charge is 2.28. The molecule has 1 amide bonds. The number of aromatic nitrogens is 4. The van der Waals surface area contributed by atoms with Crippen LogP contribution in [-0.2, 0) is 11.8 Å². The third-order valence-electron chi connectivity index (χ3n) is 7.83. The molecule has 1 aliphatic rings. The average Bonchev–Trinajstić information content (AvgIpc) is 3.31. The van der Waals surface area contributed by atoms with Crippen molar-refractivity contribution < 1.29 is 19.0 Å². The van der Waals surface area contributed by atoms with Crippen LogP contribution in [0.3, 0.4) is 0 Å². The molecule has 5 aromatic rings. The van der Waals surface area contributed by atoms with Crippen molar-refractivity contribution in [2.75, 3.05) is 13.1 Å². The topological polar surface area (TPSA) is 102 Å². The van der Waals surface area contributed by atoms with Gasteiger partial charge in [0.25, 0.3) is 11.5 Å². The van der Waals surface area contributed by atoms with E-state index in [1.54, 1.807) is 60.7 Å². The van der Waals surface area contributed by atoms with E-state index in [2.05, 4.69) is 9.55 Å². The number of piperidine rings is 1. The highest BCUT2D eigenvalue weighted by atomic mass is 35.5. The van der Waals surface area contributed by atoms with Gasteiger partial charge in [-0.3, -0.25) is 14.6 Å². The predicted molar refractivity (Wildman–Crippen MR) is 158 cm³/mol. The number of amides is 1. The van der Waals surface area contributed by atoms with E-state index >= 15 is 4.39 Å². The Morgan fingerprint density at radius 2 is 1.90 bits per heavy atom. The van der Waals surface area contributed by atoms with Gasteiger partial charge in [0.15, 0.2) is 5.75 Å². The van der Waals surface area contributed by atoms with Crippen LogP contribution in [-0.4, -0.2) is 54.2 Å². The number of rotatable bonds is 5. The molecule has 1 N–H and O–H groups in total. The van der Waals surface area contributed by atoms with Crippen molar-refractivity contribution in [3.8, 4) is 22.6 Å². The van der Waals surface area contributed by atoms with Crippen LogP contribution < -0.4 is 10.3 Å². The second-order valence-corrected chi connectivity index (χ2v) is 11.0. The van der Waals surface area contributed by atoms with Gasteiger partial charge in [0.05, 0.1) is 22.3 Å². The lowest BCUT2D eigenvalue weighted by atomic mass is 10.0. The zero-order chi connectivity index (χ0) is 29.7. The Balaban J connectivity index is 1.39. The Labute approximate surface area is 245 Å². The van der Waals surface area contributed by atoms with Gasteiger partial charge in [0.1, 0.15) is 29.0 Å². The van der Waals surface area contributed by atoms with Crippen molar-refractivity contribution in [2.24, 2.45) is 7.05 Å². The number of likely N-dealkylation sites (tertiary alicyclic amines) is 1. The highest BCUT2D eigenvalue weighted by molar-refractivity contribution is 6.33. The van der Waals surface area contributed by atoms with Gasteiger partial charge in [-0.05, 0) is 57.0 Å². The molecule has 4 heterocycles. The first kappa shape index (κ1) is 27.9. The van der Waals surface area contributed by atoms with Crippen LogP contribution in [0, 0.1) is 12.7 Å². The number of ether oxygens (including phenoxy) is 1. The van der Waals surface area contributed by atoms with Crippen LogP contribution in [0.15, 0.2) is 59.7 Å². The maximum atomic E-state index is 15.5. The van der Waals surface area contributed by atoms with Crippen LogP contribution in [0.1, 0.15) is 31.6 Å². The van der Waals surface area contributed by atoms with Crippen LogP contribution >= 0.6 is 11.6 Å². The molecule has 0 bridgehead atoms. The minimum Gasteiger partial charge on any atom is -0.452 e. The summed E-state index contributed by atoms with van der Waals surface area (Å²) in [6.45, 7) is 4.46. The van der Waals surface area contributed by atoms with Crippen molar-refractivity contribution in [1.82, 2.24) is 24.0 Å². The number of imidazole rings is 1. The SMILES string of the molecule is Cc1nc2cnc3cc(F)c(-c4ccc(Oc5cccn(C)c5=O)cc4Cl)cc3c2n1C1CCN(C(=O)C(C)O)CC1. The van der Waals surface area contributed by atoms with Gasteiger partial charge in [-0.25, -0.2) is 9.37 Å². The molecule has 2 aromatic carbocycles. The molecule has 1 aliphatic heterocycles. The molecule has 1 unspecified atom stereocenters. The van der Waals surface area contributed by atoms with Crippen LogP contribution in [0.25, 0.3) is 33.1 Å². The maximum absolute atomic E-state index is 15.5. The Morgan fingerprint density at radius 3 is 2.62 bits per heavy atom. The molecular formula is C31H29ClFN5O4. The fraction of sp³-hybridized carbons (Fsp3) is 0.290. The number of halogens is 2. The average molecular weight is 590 g/mol. The number of carbonyl (C=O) groups excluding carboxylic acids is 1. The summed E-state index contributed by atoms with van der Waals surface area (Å²) in [5.74, 6) is 0.562. The minimum atomic E-state index is -1.03. The Morgan fingerprint density at radius 1 is 1.14 bits per heavy atom. The van der Waals surface area contributed by atoms with E-state index in [9.17, 15) is 14.7 Å². The second-order valence-electron chi connectivity index (χ2n) is 10.6. The van der Waals surface area contributed by atoms with Crippen molar-refractivity contribution in [3.05, 3.63) is 81.9 Å². The number of aliphatic hydroxyl groups excluding tert-OH is 1. The summed E-state index contributed by atoms with van der Waals surface area (Å²) < 4.78 is 24.9. The molecule has 0 radical (unpaired) electrons. The molecule has 11 heteroatoms. The lowest BCUT2D eigenvalue weighted by molar-refractivity contribution is -0.140. The predicted octanol–water partition coefficient (Wildman–Crippen LogP) is 5.39. The van der Waals surface area contributed by atoms with Crippen LogP contribution in [0.2, 0.25) is 5.02 Å². The summed E-state index contributed by atoms with van der Waals surface area (Å²) in [7, 11) is 1.63. The molecule has 42 heavy (non-hydrogen) atoms. The molecule has 0 aliphatic carbocycles. The highest BCUT2D eigenvalue weighted by Crippen LogP contribution is 2.38. The van der Waals surface area contributed by atoms with E-state index in [-0.39, 0.29) is 28.3 Å². The van der Waals surface area contributed by atoms with E-state index in [1.807, 2.05) is 6.92 Å². The van der Waals surface area contributed by atoms with E-state index in [0.717, 1.165) is 16.7 Å². The van der Waals surface area contributed by atoms with Gasteiger partial charge >= 0.3 is 0 Å². The summed E-state index contributed by atoms with van der Waals surface area (Å²) in [5, 5.41) is 10.7. The number of fused-ring (bicyclic) bond motifs is 3. The van der Waals surface area contributed by atoms with Crippen LogP contribution in [0.5, 0.6) is 11.5 Å². The molecule has 1 saturated heterocycles. The summed E-state index contributed by atoms with van der Waals surface area (Å²) in [6.07, 6.45) is 3.65. The Kier molecular flexibility index (Phi) is 7.20. The molecule has 1 atom stereocenters. The quantitative estimate of drug-likeness (QED) is 0.295. The zero-order valence-electron chi connectivity index (χ0n) is 23.3. The summed E-state index contributed by atoms with van der Waals surface area (Å²) in [6, 6.07) is 11.4. The number of benzene rings is 2. The van der Waals surface area contributed by atoms with E-state index in [4.69, 9.17) is 21.3 Å². The third kappa shape index (κ3) is 4.90. The number of aryl methyl sites for hydroxylation is 2.